The summed E-state index contributed by atoms with van der Waals surface area (Å²) in [6, 6.07) is 2.81. The maximum absolute atomic E-state index is 14.3. The van der Waals surface area contributed by atoms with E-state index in [9.17, 15) is 12.8 Å². The van der Waals surface area contributed by atoms with Crippen LogP contribution in [0.3, 0.4) is 0 Å². The van der Waals surface area contributed by atoms with E-state index in [1.165, 1.54) is 16.4 Å². The Morgan fingerprint density at radius 1 is 1.48 bits per heavy atom. The lowest BCUT2D eigenvalue weighted by Crippen LogP contribution is -2.30. The Morgan fingerprint density at radius 3 is 2.67 bits per heavy atom. The van der Waals surface area contributed by atoms with Crippen LogP contribution in [0.2, 0.25) is 0 Å². The van der Waals surface area contributed by atoms with Crippen molar-refractivity contribution in [3.05, 3.63) is 28.0 Å². The van der Waals surface area contributed by atoms with Gasteiger partial charge in [-0.15, -0.1) is 11.6 Å². The fraction of sp³-hybridized carbons (Fsp3) is 0.571. The molecule has 0 amide bonds. The molecule has 1 aromatic rings. The number of benzene rings is 1. The predicted molar refractivity (Wildman–Crippen MR) is 85.4 cm³/mol. The molecule has 0 saturated carbocycles. The van der Waals surface area contributed by atoms with Crippen molar-refractivity contribution in [1.82, 2.24) is 4.31 Å². The van der Waals surface area contributed by atoms with Crippen LogP contribution in [-0.4, -0.2) is 25.8 Å². The van der Waals surface area contributed by atoms with Gasteiger partial charge in [0, 0.05) is 23.1 Å². The normalized spacial score (nSPS) is 20.4. The Kier molecular flexibility index (Phi) is 5.34. The van der Waals surface area contributed by atoms with E-state index in [2.05, 4.69) is 29.8 Å². The molecule has 21 heavy (non-hydrogen) atoms. The van der Waals surface area contributed by atoms with Crippen molar-refractivity contribution in [2.45, 2.75) is 31.0 Å². The molecule has 2 rings (SSSR count). The summed E-state index contributed by atoms with van der Waals surface area (Å²) >= 11 is 8.90. The van der Waals surface area contributed by atoms with Gasteiger partial charge in [0.2, 0.25) is 10.0 Å². The second-order valence-electron chi connectivity index (χ2n) is 5.67. The average molecular weight is 399 g/mol. The van der Waals surface area contributed by atoms with Crippen LogP contribution in [-0.2, 0) is 15.9 Å². The molecule has 118 valence electrons. The van der Waals surface area contributed by atoms with E-state index in [0.717, 1.165) is 6.42 Å². The van der Waals surface area contributed by atoms with E-state index >= 15 is 0 Å². The number of alkyl halides is 1. The maximum atomic E-state index is 14.3. The predicted octanol–water partition coefficient (Wildman–Crippen LogP) is 3.99. The van der Waals surface area contributed by atoms with Crippen LogP contribution in [0.15, 0.2) is 21.5 Å². The van der Waals surface area contributed by atoms with Crippen molar-refractivity contribution in [2.75, 3.05) is 13.1 Å². The molecular weight excluding hydrogens is 381 g/mol. The van der Waals surface area contributed by atoms with Crippen LogP contribution >= 0.6 is 27.5 Å². The molecule has 0 bridgehead atoms. The van der Waals surface area contributed by atoms with Crippen LogP contribution in [0, 0.1) is 17.7 Å². The number of sulfonamides is 1. The summed E-state index contributed by atoms with van der Waals surface area (Å²) in [5.41, 5.74) is 0.184. The fourth-order valence-corrected chi connectivity index (χ4v) is 5.06. The maximum Gasteiger partial charge on any atom is 0.246 e. The summed E-state index contributed by atoms with van der Waals surface area (Å²) in [6.45, 7) is 5.04. The highest BCUT2D eigenvalue weighted by Gasteiger charge is 2.35. The Hall–Kier alpha value is -0.170. The first-order valence-corrected chi connectivity index (χ1v) is 9.58. The van der Waals surface area contributed by atoms with Crippen LogP contribution in [0.1, 0.15) is 25.8 Å². The van der Waals surface area contributed by atoms with Gasteiger partial charge in [-0.2, -0.15) is 4.31 Å². The fourth-order valence-electron chi connectivity index (χ4n) is 2.56. The summed E-state index contributed by atoms with van der Waals surface area (Å²) < 4.78 is 41.6. The second-order valence-corrected chi connectivity index (χ2v) is 8.76. The zero-order chi connectivity index (χ0) is 15.8. The zero-order valence-corrected chi connectivity index (χ0v) is 15.1. The Labute approximate surface area is 138 Å². The minimum Gasteiger partial charge on any atom is -0.207 e. The molecule has 3 nitrogen and oxygen atoms in total. The Morgan fingerprint density at radius 2 is 2.14 bits per heavy atom. The standard InChI is InChI=1S/C14H18BrClFNO2S/c1-9(2)10-3-4-18(8-10)21(19,20)13-6-12(15)5-11(7-16)14(13)17/h5-6,9-10H,3-4,7-8H2,1-2H3. The smallest absolute Gasteiger partial charge is 0.207 e. The third kappa shape index (κ3) is 3.44. The van der Waals surface area contributed by atoms with E-state index in [1.807, 2.05) is 0 Å². The molecule has 1 fully saturated rings. The first-order chi connectivity index (χ1) is 9.77. The number of halogens is 3. The highest BCUT2D eigenvalue weighted by molar-refractivity contribution is 9.10. The second kappa shape index (κ2) is 6.52. The topological polar surface area (TPSA) is 37.4 Å². The van der Waals surface area contributed by atoms with Crippen molar-refractivity contribution in [1.29, 1.82) is 0 Å². The van der Waals surface area contributed by atoms with E-state index in [1.54, 1.807) is 0 Å². The largest absolute Gasteiger partial charge is 0.246 e. The molecule has 1 aromatic carbocycles. The van der Waals surface area contributed by atoms with Gasteiger partial charge in [-0.1, -0.05) is 29.8 Å². The number of rotatable bonds is 4. The summed E-state index contributed by atoms with van der Waals surface area (Å²) in [5.74, 6) is -0.0813. The lowest BCUT2D eigenvalue weighted by Gasteiger charge is -2.19. The number of hydrogen-bond acceptors (Lipinski definition) is 2. The molecule has 1 heterocycles. The molecule has 7 heteroatoms. The van der Waals surface area contributed by atoms with Gasteiger partial charge in [0.05, 0.1) is 5.88 Å². The highest BCUT2D eigenvalue weighted by Crippen LogP contribution is 2.32. The SMILES string of the molecule is CC(C)C1CCN(S(=O)(=O)c2cc(Br)cc(CCl)c2F)C1. The van der Waals surface area contributed by atoms with Crippen molar-refractivity contribution in [3.8, 4) is 0 Å². The van der Waals surface area contributed by atoms with E-state index < -0.39 is 15.8 Å². The molecule has 0 aromatic heterocycles. The molecule has 1 aliphatic rings. The summed E-state index contributed by atoms with van der Waals surface area (Å²) in [6.07, 6.45) is 0.814. The van der Waals surface area contributed by atoms with Gasteiger partial charge >= 0.3 is 0 Å². The van der Waals surface area contributed by atoms with Crippen molar-refractivity contribution in [3.63, 3.8) is 0 Å². The molecule has 0 spiro atoms. The minimum atomic E-state index is -3.82. The van der Waals surface area contributed by atoms with E-state index in [0.29, 0.717) is 29.4 Å². The Bertz CT molecular complexity index is 636. The van der Waals surface area contributed by atoms with Gasteiger partial charge < -0.3 is 0 Å². The molecular formula is C14H18BrClFNO2S. The molecule has 0 aliphatic carbocycles. The first-order valence-electron chi connectivity index (χ1n) is 6.81. The van der Waals surface area contributed by atoms with Gasteiger partial charge in [-0.05, 0) is 30.4 Å². The minimum absolute atomic E-state index is 0.0671. The van der Waals surface area contributed by atoms with Crippen molar-refractivity contribution in [2.24, 2.45) is 11.8 Å². The van der Waals surface area contributed by atoms with Crippen molar-refractivity contribution < 1.29 is 12.8 Å². The molecule has 0 radical (unpaired) electrons. The first kappa shape index (κ1) is 17.2. The number of nitrogens with zero attached hydrogens (tertiary/aromatic N) is 1. The third-order valence-electron chi connectivity index (χ3n) is 3.97. The third-order valence-corrected chi connectivity index (χ3v) is 6.58. The average Bonchev–Trinajstić information content (AvgIpc) is 2.91. The van der Waals surface area contributed by atoms with Crippen LogP contribution in [0.5, 0.6) is 0 Å². The van der Waals surface area contributed by atoms with E-state index in [-0.39, 0.29) is 16.3 Å². The quantitative estimate of drug-likeness (QED) is 0.719. The Balaban J connectivity index is 2.39. The van der Waals surface area contributed by atoms with Crippen LogP contribution in [0.25, 0.3) is 0 Å². The highest BCUT2D eigenvalue weighted by atomic mass is 79.9. The summed E-state index contributed by atoms with van der Waals surface area (Å²) in [4.78, 5) is -0.295. The molecule has 0 N–H and O–H groups in total. The van der Waals surface area contributed by atoms with Crippen molar-refractivity contribution >= 4 is 37.6 Å². The summed E-state index contributed by atoms with van der Waals surface area (Å²) in [7, 11) is -3.82. The molecule has 1 aliphatic heterocycles. The monoisotopic (exact) mass is 397 g/mol. The van der Waals surface area contributed by atoms with Crippen LogP contribution < -0.4 is 0 Å². The van der Waals surface area contributed by atoms with Gasteiger partial charge in [0.25, 0.3) is 0 Å². The van der Waals surface area contributed by atoms with Gasteiger partial charge in [0.1, 0.15) is 10.7 Å². The molecule has 1 unspecified atom stereocenters. The molecule has 1 saturated heterocycles. The van der Waals surface area contributed by atoms with Gasteiger partial charge in [0.15, 0.2) is 0 Å². The zero-order valence-electron chi connectivity index (χ0n) is 11.9. The van der Waals surface area contributed by atoms with Gasteiger partial charge in [-0.25, -0.2) is 12.8 Å². The van der Waals surface area contributed by atoms with Crippen LogP contribution in [0.4, 0.5) is 4.39 Å². The number of hydrogen-bond donors (Lipinski definition) is 0. The lowest BCUT2D eigenvalue weighted by molar-refractivity contribution is 0.387. The van der Waals surface area contributed by atoms with Gasteiger partial charge in [-0.3, -0.25) is 0 Å². The lowest BCUT2D eigenvalue weighted by atomic mass is 9.96. The molecule has 1 atom stereocenters. The van der Waals surface area contributed by atoms with E-state index in [4.69, 9.17) is 11.6 Å². The summed E-state index contributed by atoms with van der Waals surface area (Å²) in [5, 5.41) is 0.